The van der Waals surface area contributed by atoms with E-state index in [2.05, 4.69) is 0 Å². The molecule has 0 radical (unpaired) electrons. The average molecular weight is 298 g/mol. The van der Waals surface area contributed by atoms with Gasteiger partial charge in [-0.3, -0.25) is 0 Å². The number of aromatic carboxylic acids is 1. The Kier molecular flexibility index (Phi) is 3.47. The number of ether oxygens (including phenoxy) is 2. The average Bonchev–Trinajstić information content (AvgIpc) is 2.97. The molecule has 0 aliphatic carbocycles. The third kappa shape index (κ3) is 2.37. The van der Waals surface area contributed by atoms with Gasteiger partial charge in [-0.2, -0.15) is 0 Å². The van der Waals surface area contributed by atoms with Crippen molar-refractivity contribution in [1.29, 1.82) is 0 Å². The van der Waals surface area contributed by atoms with E-state index in [1.165, 1.54) is 13.2 Å². The van der Waals surface area contributed by atoms with Crippen LogP contribution in [0.4, 0.5) is 0 Å². The van der Waals surface area contributed by atoms with E-state index in [1.54, 1.807) is 19.2 Å². The van der Waals surface area contributed by atoms with Gasteiger partial charge in [-0.05, 0) is 42.5 Å². The van der Waals surface area contributed by atoms with Crippen LogP contribution in [0.2, 0.25) is 0 Å². The van der Waals surface area contributed by atoms with Crippen molar-refractivity contribution in [2.24, 2.45) is 0 Å². The van der Waals surface area contributed by atoms with Crippen LogP contribution in [-0.2, 0) is 0 Å². The van der Waals surface area contributed by atoms with E-state index in [0.717, 1.165) is 11.3 Å². The standard InChI is InChI=1S/C17H14O5/c1-20-12-5-3-10(4-6-12)15-8-11-7-13(21-2)9-14(17(18)19)16(11)22-15/h3-9H,1-2H3,(H,18,19). The van der Waals surface area contributed by atoms with Crippen molar-refractivity contribution in [3.05, 3.63) is 48.0 Å². The second kappa shape index (κ2) is 5.44. The molecule has 0 fully saturated rings. The maximum absolute atomic E-state index is 11.4. The number of hydrogen-bond acceptors (Lipinski definition) is 4. The van der Waals surface area contributed by atoms with Gasteiger partial charge in [0.15, 0.2) is 0 Å². The molecule has 0 atom stereocenters. The summed E-state index contributed by atoms with van der Waals surface area (Å²) in [5.41, 5.74) is 1.25. The molecular formula is C17H14O5. The van der Waals surface area contributed by atoms with Crippen LogP contribution in [0.25, 0.3) is 22.3 Å². The summed E-state index contributed by atoms with van der Waals surface area (Å²) < 4.78 is 16.0. The first-order valence-electron chi connectivity index (χ1n) is 6.61. The van der Waals surface area contributed by atoms with E-state index in [1.807, 2.05) is 24.3 Å². The summed E-state index contributed by atoms with van der Waals surface area (Å²) in [4.78, 5) is 11.4. The van der Waals surface area contributed by atoms with Gasteiger partial charge in [-0.1, -0.05) is 0 Å². The third-order valence-corrected chi connectivity index (χ3v) is 3.43. The van der Waals surface area contributed by atoms with E-state index in [9.17, 15) is 9.90 Å². The maximum Gasteiger partial charge on any atom is 0.339 e. The number of methoxy groups -OCH3 is 2. The topological polar surface area (TPSA) is 68.9 Å². The third-order valence-electron chi connectivity index (χ3n) is 3.43. The molecule has 1 aromatic heterocycles. The number of furan rings is 1. The minimum absolute atomic E-state index is 0.0779. The molecular weight excluding hydrogens is 284 g/mol. The van der Waals surface area contributed by atoms with Crippen LogP contribution in [0, 0.1) is 0 Å². The highest BCUT2D eigenvalue weighted by molar-refractivity contribution is 6.03. The Bertz CT molecular complexity index is 830. The summed E-state index contributed by atoms with van der Waals surface area (Å²) in [6.07, 6.45) is 0. The number of rotatable bonds is 4. The van der Waals surface area contributed by atoms with Crippen LogP contribution in [0.5, 0.6) is 11.5 Å². The predicted molar refractivity (Wildman–Crippen MR) is 81.7 cm³/mol. The second-order valence-corrected chi connectivity index (χ2v) is 4.74. The fourth-order valence-corrected chi connectivity index (χ4v) is 2.30. The summed E-state index contributed by atoms with van der Waals surface area (Å²) >= 11 is 0. The van der Waals surface area contributed by atoms with Crippen molar-refractivity contribution >= 4 is 16.9 Å². The van der Waals surface area contributed by atoms with Crippen molar-refractivity contribution in [3.8, 4) is 22.8 Å². The van der Waals surface area contributed by atoms with Crippen molar-refractivity contribution in [2.45, 2.75) is 0 Å². The Labute approximate surface area is 126 Å². The molecule has 3 aromatic rings. The minimum Gasteiger partial charge on any atom is -0.497 e. The zero-order valence-electron chi connectivity index (χ0n) is 12.1. The summed E-state index contributed by atoms with van der Waals surface area (Å²) in [6.45, 7) is 0. The number of hydrogen-bond donors (Lipinski definition) is 1. The predicted octanol–water partition coefficient (Wildman–Crippen LogP) is 3.82. The number of benzene rings is 2. The Morgan fingerprint density at radius 3 is 2.27 bits per heavy atom. The first-order valence-corrected chi connectivity index (χ1v) is 6.61. The van der Waals surface area contributed by atoms with Crippen molar-refractivity contribution in [3.63, 3.8) is 0 Å². The second-order valence-electron chi connectivity index (χ2n) is 4.74. The molecule has 0 bridgehead atoms. The van der Waals surface area contributed by atoms with Crippen LogP contribution < -0.4 is 9.47 Å². The summed E-state index contributed by atoms with van der Waals surface area (Å²) in [5, 5.41) is 10.0. The van der Waals surface area contributed by atoms with Crippen molar-refractivity contribution < 1.29 is 23.8 Å². The molecule has 0 saturated carbocycles. The first kappa shape index (κ1) is 14.0. The van der Waals surface area contributed by atoms with Gasteiger partial charge in [-0.25, -0.2) is 4.79 Å². The monoisotopic (exact) mass is 298 g/mol. The van der Waals surface area contributed by atoms with E-state index in [4.69, 9.17) is 13.9 Å². The van der Waals surface area contributed by atoms with Crippen LogP contribution in [-0.4, -0.2) is 25.3 Å². The fraction of sp³-hybridized carbons (Fsp3) is 0.118. The van der Waals surface area contributed by atoms with Gasteiger partial charge in [-0.15, -0.1) is 0 Å². The summed E-state index contributed by atoms with van der Waals surface area (Å²) in [7, 11) is 3.10. The molecule has 1 N–H and O–H groups in total. The molecule has 5 heteroatoms. The lowest BCUT2D eigenvalue weighted by molar-refractivity contribution is 0.0697. The molecule has 0 aliphatic rings. The zero-order valence-corrected chi connectivity index (χ0v) is 12.1. The van der Waals surface area contributed by atoms with E-state index in [0.29, 0.717) is 22.5 Å². The Morgan fingerprint density at radius 1 is 1.00 bits per heavy atom. The van der Waals surface area contributed by atoms with Crippen LogP contribution in [0.1, 0.15) is 10.4 Å². The molecule has 0 spiro atoms. The summed E-state index contributed by atoms with van der Waals surface area (Å²) in [6, 6.07) is 12.3. The van der Waals surface area contributed by atoms with Crippen LogP contribution in [0.3, 0.4) is 0 Å². The molecule has 1 heterocycles. The smallest absolute Gasteiger partial charge is 0.339 e. The lowest BCUT2D eigenvalue weighted by atomic mass is 10.1. The lowest BCUT2D eigenvalue weighted by Gasteiger charge is -2.02. The molecule has 0 unspecified atom stereocenters. The molecule has 112 valence electrons. The van der Waals surface area contributed by atoms with E-state index < -0.39 is 5.97 Å². The molecule has 5 nitrogen and oxygen atoms in total. The highest BCUT2D eigenvalue weighted by Gasteiger charge is 2.16. The molecule has 22 heavy (non-hydrogen) atoms. The van der Waals surface area contributed by atoms with Crippen LogP contribution >= 0.6 is 0 Å². The highest BCUT2D eigenvalue weighted by Crippen LogP contribution is 2.33. The molecule has 3 rings (SSSR count). The fourth-order valence-electron chi connectivity index (χ4n) is 2.30. The van der Waals surface area contributed by atoms with E-state index >= 15 is 0 Å². The zero-order chi connectivity index (χ0) is 15.7. The van der Waals surface area contributed by atoms with Gasteiger partial charge in [0.2, 0.25) is 0 Å². The highest BCUT2D eigenvalue weighted by atomic mass is 16.5. The number of carboxylic acids is 1. The normalized spacial score (nSPS) is 10.6. The number of fused-ring (bicyclic) bond motifs is 1. The largest absolute Gasteiger partial charge is 0.497 e. The molecule has 0 aliphatic heterocycles. The van der Waals surface area contributed by atoms with Gasteiger partial charge in [0, 0.05) is 10.9 Å². The van der Waals surface area contributed by atoms with Crippen LogP contribution in [0.15, 0.2) is 46.9 Å². The van der Waals surface area contributed by atoms with Crippen molar-refractivity contribution in [1.82, 2.24) is 0 Å². The van der Waals surface area contributed by atoms with Gasteiger partial charge in [0.1, 0.15) is 28.4 Å². The van der Waals surface area contributed by atoms with Gasteiger partial charge in [0.25, 0.3) is 0 Å². The molecule has 0 amide bonds. The quantitative estimate of drug-likeness (QED) is 0.793. The Hall–Kier alpha value is -2.95. The maximum atomic E-state index is 11.4. The summed E-state index contributed by atoms with van der Waals surface area (Å²) in [5.74, 6) is 0.757. The minimum atomic E-state index is -1.06. The van der Waals surface area contributed by atoms with E-state index in [-0.39, 0.29) is 5.56 Å². The lowest BCUT2D eigenvalue weighted by Crippen LogP contribution is -1.97. The van der Waals surface area contributed by atoms with Gasteiger partial charge >= 0.3 is 5.97 Å². The molecule has 0 saturated heterocycles. The SMILES string of the molecule is COc1ccc(-c2cc3cc(OC)cc(C(=O)O)c3o2)cc1. The Morgan fingerprint density at radius 2 is 1.68 bits per heavy atom. The first-order chi connectivity index (χ1) is 10.6. The van der Waals surface area contributed by atoms with Gasteiger partial charge < -0.3 is 19.0 Å². The Balaban J connectivity index is 2.15. The number of carbonyl (C=O) groups is 1. The number of carboxylic acid groups (broad SMARTS) is 1. The molecule has 2 aromatic carbocycles. The van der Waals surface area contributed by atoms with Gasteiger partial charge in [0.05, 0.1) is 14.2 Å². The van der Waals surface area contributed by atoms with Crippen molar-refractivity contribution in [2.75, 3.05) is 14.2 Å².